The molecule has 1 atom stereocenters. The molecule has 1 fully saturated rings. The highest BCUT2D eigenvalue weighted by atomic mass is 16.2. The zero-order chi connectivity index (χ0) is 15.4. The summed E-state index contributed by atoms with van der Waals surface area (Å²) in [6, 6.07) is 1.57. The van der Waals surface area contributed by atoms with Crippen LogP contribution in [0.5, 0.6) is 0 Å². The molecule has 1 aliphatic rings. The van der Waals surface area contributed by atoms with Crippen LogP contribution in [0, 0.1) is 5.92 Å². The van der Waals surface area contributed by atoms with E-state index in [2.05, 4.69) is 17.1 Å². The van der Waals surface area contributed by atoms with E-state index in [0.717, 1.165) is 36.4 Å². The highest BCUT2D eigenvalue weighted by molar-refractivity contribution is 5.02. The van der Waals surface area contributed by atoms with Crippen LogP contribution < -0.4 is 16.6 Å². The SMILES string of the molecule is CCN(Cc1cc(=O)n(C)c(=O)n1C)CC1CCCNC1. The third kappa shape index (κ3) is 3.83. The van der Waals surface area contributed by atoms with Crippen LogP contribution in [0.4, 0.5) is 0 Å². The van der Waals surface area contributed by atoms with Gasteiger partial charge in [-0.05, 0) is 38.4 Å². The van der Waals surface area contributed by atoms with Gasteiger partial charge >= 0.3 is 5.69 Å². The predicted molar refractivity (Wildman–Crippen MR) is 83.5 cm³/mol. The van der Waals surface area contributed by atoms with Crippen molar-refractivity contribution >= 4 is 0 Å². The summed E-state index contributed by atoms with van der Waals surface area (Å²) >= 11 is 0. The lowest BCUT2D eigenvalue weighted by Crippen LogP contribution is -2.41. The first kappa shape index (κ1) is 16.0. The lowest BCUT2D eigenvalue weighted by atomic mass is 9.99. The molecule has 0 aromatic carbocycles. The number of aromatic nitrogens is 2. The summed E-state index contributed by atoms with van der Waals surface area (Å²) in [5, 5.41) is 3.43. The van der Waals surface area contributed by atoms with Crippen molar-refractivity contribution in [1.82, 2.24) is 19.4 Å². The monoisotopic (exact) mass is 294 g/mol. The van der Waals surface area contributed by atoms with Gasteiger partial charge in [-0.1, -0.05) is 6.92 Å². The van der Waals surface area contributed by atoms with Crippen LogP contribution in [0.15, 0.2) is 15.7 Å². The second-order valence-electron chi connectivity index (χ2n) is 5.91. The lowest BCUT2D eigenvalue weighted by molar-refractivity contribution is 0.205. The van der Waals surface area contributed by atoms with Crippen LogP contribution in [0.2, 0.25) is 0 Å². The van der Waals surface area contributed by atoms with E-state index >= 15 is 0 Å². The maximum absolute atomic E-state index is 12.0. The van der Waals surface area contributed by atoms with Gasteiger partial charge in [0.2, 0.25) is 0 Å². The predicted octanol–water partition coefficient (Wildman–Crippen LogP) is -0.0945. The first-order valence-corrected chi connectivity index (χ1v) is 7.72. The minimum Gasteiger partial charge on any atom is -0.316 e. The van der Waals surface area contributed by atoms with Gasteiger partial charge in [0.1, 0.15) is 0 Å². The molecular weight excluding hydrogens is 268 g/mol. The highest BCUT2D eigenvalue weighted by Crippen LogP contribution is 2.13. The van der Waals surface area contributed by atoms with Gasteiger partial charge in [-0.2, -0.15) is 0 Å². The van der Waals surface area contributed by atoms with Gasteiger partial charge in [0.25, 0.3) is 5.56 Å². The van der Waals surface area contributed by atoms with Gasteiger partial charge in [0.15, 0.2) is 0 Å². The summed E-state index contributed by atoms with van der Waals surface area (Å²) in [4.78, 5) is 26.1. The lowest BCUT2D eigenvalue weighted by Gasteiger charge is -2.29. The number of hydrogen-bond donors (Lipinski definition) is 1. The maximum atomic E-state index is 12.0. The van der Waals surface area contributed by atoms with E-state index in [4.69, 9.17) is 0 Å². The first-order valence-electron chi connectivity index (χ1n) is 7.72. The van der Waals surface area contributed by atoms with Crippen LogP contribution in [0.3, 0.4) is 0 Å². The molecule has 0 bridgehead atoms. The number of hydrogen-bond acceptors (Lipinski definition) is 4. The number of rotatable bonds is 5. The Morgan fingerprint density at radius 2 is 2.10 bits per heavy atom. The summed E-state index contributed by atoms with van der Waals surface area (Å²) in [6.45, 7) is 6.87. The zero-order valence-electron chi connectivity index (χ0n) is 13.3. The Morgan fingerprint density at radius 1 is 1.33 bits per heavy atom. The molecule has 1 aliphatic heterocycles. The largest absolute Gasteiger partial charge is 0.330 e. The number of nitrogens with zero attached hydrogens (tertiary/aromatic N) is 3. The van der Waals surface area contributed by atoms with Crippen LogP contribution in [-0.2, 0) is 20.6 Å². The van der Waals surface area contributed by atoms with Crippen molar-refractivity contribution < 1.29 is 0 Å². The standard InChI is InChI=1S/C15H26N4O2/c1-4-19(10-12-6-5-7-16-9-12)11-13-8-14(20)18(3)15(21)17(13)2/h8,12,16H,4-7,9-11H2,1-3H3. The Morgan fingerprint density at radius 3 is 2.71 bits per heavy atom. The average Bonchev–Trinajstić information content (AvgIpc) is 2.50. The Hall–Kier alpha value is -1.40. The van der Waals surface area contributed by atoms with Crippen molar-refractivity contribution in [2.24, 2.45) is 20.0 Å². The van der Waals surface area contributed by atoms with Crippen LogP contribution in [0.1, 0.15) is 25.5 Å². The van der Waals surface area contributed by atoms with Gasteiger partial charge in [-0.25, -0.2) is 4.79 Å². The van der Waals surface area contributed by atoms with Crippen LogP contribution >= 0.6 is 0 Å². The zero-order valence-corrected chi connectivity index (χ0v) is 13.3. The summed E-state index contributed by atoms with van der Waals surface area (Å²) in [7, 11) is 3.24. The van der Waals surface area contributed by atoms with E-state index in [1.807, 2.05) is 0 Å². The molecule has 2 rings (SSSR count). The molecule has 1 aromatic heterocycles. The van der Waals surface area contributed by atoms with E-state index in [1.165, 1.54) is 19.9 Å². The molecule has 6 nitrogen and oxygen atoms in total. The molecular formula is C15H26N4O2. The van der Waals surface area contributed by atoms with Crippen LogP contribution in [-0.4, -0.2) is 40.2 Å². The van der Waals surface area contributed by atoms with Crippen molar-refractivity contribution in [2.45, 2.75) is 26.3 Å². The van der Waals surface area contributed by atoms with Gasteiger partial charge in [0.05, 0.1) is 0 Å². The van der Waals surface area contributed by atoms with Crippen molar-refractivity contribution in [2.75, 3.05) is 26.2 Å². The molecule has 118 valence electrons. The highest BCUT2D eigenvalue weighted by Gasteiger charge is 2.17. The fourth-order valence-electron chi connectivity index (χ4n) is 2.91. The molecule has 6 heteroatoms. The normalized spacial score (nSPS) is 19.1. The Balaban J connectivity index is 2.11. The van der Waals surface area contributed by atoms with Crippen molar-refractivity contribution in [3.05, 3.63) is 32.6 Å². The van der Waals surface area contributed by atoms with Crippen molar-refractivity contribution in [1.29, 1.82) is 0 Å². The minimum atomic E-state index is -0.257. The topological polar surface area (TPSA) is 59.3 Å². The molecule has 1 N–H and O–H groups in total. The molecule has 2 heterocycles. The molecule has 0 radical (unpaired) electrons. The summed E-state index contributed by atoms with van der Waals surface area (Å²) in [5.41, 5.74) is 0.296. The first-order chi connectivity index (χ1) is 10.0. The fourth-order valence-corrected chi connectivity index (χ4v) is 2.91. The van der Waals surface area contributed by atoms with E-state index in [9.17, 15) is 9.59 Å². The molecule has 0 spiro atoms. The molecule has 21 heavy (non-hydrogen) atoms. The smallest absolute Gasteiger partial charge is 0.316 e. The van der Waals surface area contributed by atoms with E-state index in [1.54, 1.807) is 17.7 Å². The van der Waals surface area contributed by atoms with Crippen molar-refractivity contribution in [3.8, 4) is 0 Å². The van der Waals surface area contributed by atoms with E-state index in [0.29, 0.717) is 12.5 Å². The van der Waals surface area contributed by atoms with Gasteiger partial charge < -0.3 is 5.32 Å². The molecule has 0 aliphatic carbocycles. The molecule has 0 amide bonds. The Labute approximate surface area is 125 Å². The average molecular weight is 294 g/mol. The second kappa shape index (κ2) is 7.04. The third-order valence-corrected chi connectivity index (χ3v) is 4.37. The maximum Gasteiger partial charge on any atom is 0.330 e. The molecule has 1 unspecified atom stereocenters. The van der Waals surface area contributed by atoms with Gasteiger partial charge in [0, 0.05) is 38.9 Å². The summed E-state index contributed by atoms with van der Waals surface area (Å²) < 4.78 is 2.72. The Bertz CT molecular complexity index is 584. The fraction of sp³-hybridized carbons (Fsp3) is 0.733. The van der Waals surface area contributed by atoms with E-state index < -0.39 is 0 Å². The van der Waals surface area contributed by atoms with Crippen molar-refractivity contribution in [3.63, 3.8) is 0 Å². The molecule has 1 aromatic rings. The number of nitrogens with one attached hydrogen (secondary N) is 1. The quantitative estimate of drug-likeness (QED) is 0.824. The molecule has 0 saturated carbocycles. The van der Waals surface area contributed by atoms with E-state index in [-0.39, 0.29) is 11.2 Å². The van der Waals surface area contributed by atoms with Gasteiger partial charge in [-0.15, -0.1) is 0 Å². The Kier molecular flexibility index (Phi) is 5.36. The second-order valence-corrected chi connectivity index (χ2v) is 5.91. The van der Waals surface area contributed by atoms with Gasteiger partial charge in [-0.3, -0.25) is 18.8 Å². The summed E-state index contributed by atoms with van der Waals surface area (Å²) in [5.74, 6) is 0.655. The number of piperidine rings is 1. The molecule has 1 saturated heterocycles. The van der Waals surface area contributed by atoms with Crippen LogP contribution in [0.25, 0.3) is 0 Å². The third-order valence-electron chi connectivity index (χ3n) is 4.37. The summed E-state index contributed by atoms with van der Waals surface area (Å²) in [6.07, 6.45) is 2.48. The minimum absolute atomic E-state index is 0.233.